The monoisotopic (exact) mass is 308 g/mol. The summed E-state index contributed by atoms with van der Waals surface area (Å²) in [4.78, 5) is 12.8. The van der Waals surface area contributed by atoms with Crippen LogP contribution in [0.15, 0.2) is 0 Å². The van der Waals surface area contributed by atoms with E-state index < -0.39 is 0 Å². The zero-order valence-electron chi connectivity index (χ0n) is 14.6. The summed E-state index contributed by atoms with van der Waals surface area (Å²) in [6.45, 7) is 5.42. The predicted octanol–water partition coefficient (Wildman–Crippen LogP) is 2.22. The smallest absolute Gasteiger partial charge is 0.315 e. The molecule has 2 heterocycles. The lowest BCUT2D eigenvalue weighted by Crippen LogP contribution is -2.58. The van der Waals surface area contributed by atoms with Crippen molar-refractivity contribution < 1.29 is 18.8 Å². The molecule has 0 amide bonds. The van der Waals surface area contributed by atoms with Crippen LogP contribution in [0.5, 0.6) is 0 Å². The van der Waals surface area contributed by atoms with Gasteiger partial charge in [-0.3, -0.25) is 4.79 Å². The number of carbonyl (C=O) groups is 1. The number of carbonyl (C=O) groups excluding carboxylic acids is 1. The van der Waals surface area contributed by atoms with Gasteiger partial charge in [0.05, 0.1) is 33.3 Å². The Bertz CT molecular complexity index is 513. The third-order valence-corrected chi connectivity index (χ3v) is 6.84. The summed E-state index contributed by atoms with van der Waals surface area (Å²) in [6, 6.07) is 0. The summed E-state index contributed by atoms with van der Waals surface area (Å²) in [7, 11) is 6.50. The number of ether oxygens (including phenoxy) is 2. The first kappa shape index (κ1) is 14.9. The highest BCUT2D eigenvalue weighted by molar-refractivity contribution is 5.77. The van der Waals surface area contributed by atoms with E-state index >= 15 is 0 Å². The van der Waals surface area contributed by atoms with E-state index in [1.54, 1.807) is 0 Å². The largest absolute Gasteiger partial charge is 0.455 e. The molecule has 22 heavy (non-hydrogen) atoms. The molecule has 0 aromatic heterocycles. The fraction of sp³-hybridized carbons (Fsp3) is 0.944. The molecule has 0 N–H and O–H groups in total. The Morgan fingerprint density at radius 3 is 2.59 bits per heavy atom. The van der Waals surface area contributed by atoms with Crippen LogP contribution < -0.4 is 0 Å². The van der Waals surface area contributed by atoms with Crippen LogP contribution in [0, 0.1) is 23.7 Å². The van der Waals surface area contributed by atoms with Gasteiger partial charge in [0.15, 0.2) is 0 Å². The summed E-state index contributed by atoms with van der Waals surface area (Å²) in [5, 5.41) is 0. The van der Waals surface area contributed by atoms with Crippen molar-refractivity contribution in [3.63, 3.8) is 0 Å². The molecule has 2 aliphatic carbocycles. The van der Waals surface area contributed by atoms with E-state index in [0.29, 0.717) is 17.8 Å². The highest BCUT2D eigenvalue weighted by Gasteiger charge is 2.77. The maximum Gasteiger partial charge on any atom is 0.315 e. The number of quaternary nitrogens is 1. The van der Waals surface area contributed by atoms with E-state index in [0.717, 1.165) is 30.3 Å². The average Bonchev–Trinajstić information content (AvgIpc) is 3.02. The highest BCUT2D eigenvalue weighted by Crippen LogP contribution is 2.66. The third kappa shape index (κ3) is 1.86. The first-order chi connectivity index (χ1) is 10.2. The van der Waals surface area contributed by atoms with Gasteiger partial charge in [-0.2, -0.15) is 0 Å². The summed E-state index contributed by atoms with van der Waals surface area (Å²) < 4.78 is 13.2. The number of epoxide rings is 1. The van der Waals surface area contributed by atoms with Crippen molar-refractivity contribution >= 4 is 5.97 Å². The van der Waals surface area contributed by atoms with Crippen LogP contribution >= 0.6 is 0 Å². The van der Waals surface area contributed by atoms with Crippen molar-refractivity contribution in [3.05, 3.63) is 0 Å². The summed E-state index contributed by atoms with van der Waals surface area (Å²) in [5.74, 6) is 1.57. The van der Waals surface area contributed by atoms with Gasteiger partial charge in [0, 0.05) is 11.8 Å². The number of rotatable bonds is 2. The molecule has 4 rings (SSSR count). The Kier molecular flexibility index (Phi) is 2.90. The van der Waals surface area contributed by atoms with E-state index in [4.69, 9.17) is 9.47 Å². The first-order valence-corrected chi connectivity index (χ1v) is 8.88. The minimum Gasteiger partial charge on any atom is -0.455 e. The Balaban J connectivity index is 1.72. The highest BCUT2D eigenvalue weighted by atomic mass is 16.7. The summed E-state index contributed by atoms with van der Waals surface area (Å²) in [5.41, 5.74) is -0.348. The van der Waals surface area contributed by atoms with Crippen molar-refractivity contribution in [2.45, 2.75) is 56.8 Å². The zero-order chi connectivity index (χ0) is 15.9. The molecule has 2 saturated heterocycles. The third-order valence-electron chi connectivity index (χ3n) is 6.84. The van der Waals surface area contributed by atoms with Crippen molar-refractivity contribution in [2.24, 2.45) is 23.7 Å². The molecule has 0 aromatic rings. The Labute approximate surface area is 133 Å². The number of hydrogen-bond donors (Lipinski definition) is 0. The van der Waals surface area contributed by atoms with Crippen LogP contribution in [-0.2, 0) is 14.3 Å². The lowest BCUT2D eigenvalue weighted by Gasteiger charge is -2.50. The lowest BCUT2D eigenvalue weighted by molar-refractivity contribution is -0.873. The fourth-order valence-corrected chi connectivity index (χ4v) is 5.85. The van der Waals surface area contributed by atoms with Gasteiger partial charge in [-0.05, 0) is 38.5 Å². The molecule has 1 spiro atoms. The zero-order valence-corrected chi connectivity index (χ0v) is 14.6. The average molecular weight is 308 g/mol. The maximum absolute atomic E-state index is 12.8. The van der Waals surface area contributed by atoms with Crippen molar-refractivity contribution in [2.75, 3.05) is 27.7 Å². The first-order valence-electron chi connectivity index (χ1n) is 8.88. The maximum atomic E-state index is 12.8. The van der Waals surface area contributed by atoms with Crippen molar-refractivity contribution in [1.82, 2.24) is 0 Å². The van der Waals surface area contributed by atoms with Gasteiger partial charge in [0.1, 0.15) is 17.6 Å². The quantitative estimate of drug-likeness (QED) is 0.446. The molecule has 0 bridgehead atoms. The molecule has 7 atom stereocenters. The van der Waals surface area contributed by atoms with Crippen LogP contribution in [0.2, 0.25) is 0 Å². The van der Waals surface area contributed by atoms with Crippen LogP contribution in [0.25, 0.3) is 0 Å². The Morgan fingerprint density at radius 2 is 1.91 bits per heavy atom. The molecule has 0 aromatic carbocycles. The van der Waals surface area contributed by atoms with Gasteiger partial charge < -0.3 is 14.0 Å². The van der Waals surface area contributed by atoms with Crippen LogP contribution in [0.4, 0.5) is 0 Å². The van der Waals surface area contributed by atoms with Crippen LogP contribution in [0.1, 0.15) is 39.5 Å². The van der Waals surface area contributed by atoms with E-state index in [1.807, 2.05) is 0 Å². The summed E-state index contributed by atoms with van der Waals surface area (Å²) in [6.07, 6.45) is 4.76. The number of nitrogens with zero attached hydrogens (tertiary/aromatic N) is 1. The van der Waals surface area contributed by atoms with Gasteiger partial charge in [-0.15, -0.1) is 0 Å². The second-order valence-electron chi connectivity index (χ2n) is 9.47. The molecule has 4 fully saturated rings. The second kappa shape index (κ2) is 4.27. The Hall–Kier alpha value is -0.610. The minimum absolute atomic E-state index is 0.0302. The van der Waals surface area contributed by atoms with E-state index in [2.05, 4.69) is 35.0 Å². The topological polar surface area (TPSA) is 38.8 Å². The minimum atomic E-state index is -0.318. The van der Waals surface area contributed by atoms with Crippen LogP contribution in [-0.4, -0.2) is 55.4 Å². The molecule has 4 nitrogen and oxygen atoms in total. The number of esters is 1. The van der Waals surface area contributed by atoms with E-state index in [-0.39, 0.29) is 29.2 Å². The van der Waals surface area contributed by atoms with Crippen molar-refractivity contribution in [1.29, 1.82) is 0 Å². The summed E-state index contributed by atoms with van der Waals surface area (Å²) >= 11 is 0. The molecule has 0 radical (unpaired) electrons. The normalized spacial score (nSPS) is 53.3. The van der Waals surface area contributed by atoms with Gasteiger partial charge in [0.2, 0.25) is 0 Å². The molecule has 124 valence electrons. The standard InChI is InChI=1S/C18H30NO3/c1-11-6-7-14-12(10-19(3,4)5)15(20)21-18(14)13(11)8-9-17(2)16(18)22-17/h11-14,16H,6-10H2,1-5H3/q+1/t11-,12?,13+,14+,16-,17-,18-/m1/s1. The number of hydrogen-bond acceptors (Lipinski definition) is 3. The number of fused-ring (bicyclic) bond motifs is 1. The lowest BCUT2D eigenvalue weighted by atomic mass is 9.55. The second-order valence-corrected chi connectivity index (χ2v) is 9.47. The molecular formula is C18H30NO3+. The van der Waals surface area contributed by atoms with E-state index in [1.165, 1.54) is 6.42 Å². The SMILES string of the molecule is C[C@@H]1CC[C@H]2C(C[N+](C)(C)C)C(=O)O[C@]23[C@H]1CC[C@@]1(C)O[C@@H]31. The van der Waals surface area contributed by atoms with E-state index in [9.17, 15) is 4.79 Å². The Morgan fingerprint density at radius 1 is 1.18 bits per heavy atom. The van der Waals surface area contributed by atoms with Gasteiger partial charge in [0.25, 0.3) is 0 Å². The molecule has 2 aliphatic heterocycles. The predicted molar refractivity (Wildman–Crippen MR) is 83.1 cm³/mol. The van der Waals surface area contributed by atoms with Gasteiger partial charge in [-0.25, -0.2) is 0 Å². The molecule has 4 heteroatoms. The fourth-order valence-electron chi connectivity index (χ4n) is 5.85. The molecule has 4 aliphatic rings. The van der Waals surface area contributed by atoms with Crippen molar-refractivity contribution in [3.8, 4) is 0 Å². The van der Waals surface area contributed by atoms with Crippen LogP contribution in [0.3, 0.4) is 0 Å². The van der Waals surface area contributed by atoms with Gasteiger partial charge in [-0.1, -0.05) is 6.92 Å². The molecule has 1 unspecified atom stereocenters. The molecule has 2 saturated carbocycles. The van der Waals surface area contributed by atoms with Gasteiger partial charge >= 0.3 is 5.97 Å². The molecular weight excluding hydrogens is 278 g/mol.